The van der Waals surface area contributed by atoms with E-state index in [2.05, 4.69) is 5.32 Å². The third kappa shape index (κ3) is 3.92. The Morgan fingerprint density at radius 3 is 2.56 bits per heavy atom. The standard InChI is InChI=1S/C20H30N2O3/c1-3-24-16-8-5-13(11-17(16)25-4-2)9-10-22-20(23)18-14-6-7-15(12-14)19(18)21/h5,8,11,14-15,18-19H,3-4,6-7,9-10,12,21H2,1-2H3,(H,22,23). The molecular weight excluding hydrogens is 316 g/mol. The first-order valence-corrected chi connectivity index (χ1v) is 9.55. The highest BCUT2D eigenvalue weighted by molar-refractivity contribution is 5.80. The Morgan fingerprint density at radius 1 is 1.16 bits per heavy atom. The second kappa shape index (κ2) is 8.09. The van der Waals surface area contributed by atoms with Gasteiger partial charge in [-0.15, -0.1) is 0 Å². The van der Waals surface area contributed by atoms with Crippen LogP contribution in [0.3, 0.4) is 0 Å². The molecule has 4 unspecified atom stereocenters. The lowest BCUT2D eigenvalue weighted by Gasteiger charge is -2.27. The number of ether oxygens (including phenoxy) is 2. The highest BCUT2D eigenvalue weighted by atomic mass is 16.5. The topological polar surface area (TPSA) is 73.6 Å². The lowest BCUT2D eigenvalue weighted by Crippen LogP contribution is -2.45. The molecule has 4 atom stereocenters. The molecule has 1 aromatic carbocycles. The molecule has 138 valence electrons. The van der Waals surface area contributed by atoms with Crippen LogP contribution in [0.15, 0.2) is 18.2 Å². The fourth-order valence-corrected chi connectivity index (χ4v) is 4.42. The molecule has 0 heterocycles. The number of hydrogen-bond acceptors (Lipinski definition) is 4. The van der Waals surface area contributed by atoms with Gasteiger partial charge in [0.25, 0.3) is 0 Å². The number of carbonyl (C=O) groups excluding carboxylic acids is 1. The van der Waals surface area contributed by atoms with Crippen LogP contribution in [0.1, 0.15) is 38.7 Å². The van der Waals surface area contributed by atoms with E-state index in [0.29, 0.717) is 31.6 Å². The summed E-state index contributed by atoms with van der Waals surface area (Å²) >= 11 is 0. The molecule has 3 rings (SSSR count). The summed E-state index contributed by atoms with van der Waals surface area (Å²) in [7, 11) is 0. The first-order chi connectivity index (χ1) is 12.1. The molecule has 1 aromatic rings. The van der Waals surface area contributed by atoms with E-state index < -0.39 is 0 Å². The van der Waals surface area contributed by atoms with Gasteiger partial charge >= 0.3 is 0 Å². The van der Waals surface area contributed by atoms with Gasteiger partial charge in [-0.05, 0) is 69.1 Å². The van der Waals surface area contributed by atoms with Crippen molar-refractivity contribution in [1.29, 1.82) is 0 Å². The molecule has 0 spiro atoms. The number of carbonyl (C=O) groups is 1. The Morgan fingerprint density at radius 2 is 1.88 bits per heavy atom. The summed E-state index contributed by atoms with van der Waals surface area (Å²) in [6.45, 7) is 5.75. The molecule has 2 saturated carbocycles. The normalized spacial score (nSPS) is 27.3. The molecule has 2 aliphatic rings. The molecule has 2 bridgehead atoms. The van der Waals surface area contributed by atoms with Crippen molar-refractivity contribution in [3.8, 4) is 11.5 Å². The van der Waals surface area contributed by atoms with Gasteiger partial charge in [-0.1, -0.05) is 6.07 Å². The average Bonchev–Trinajstić information content (AvgIpc) is 3.18. The minimum Gasteiger partial charge on any atom is -0.490 e. The van der Waals surface area contributed by atoms with E-state index >= 15 is 0 Å². The van der Waals surface area contributed by atoms with Crippen LogP contribution < -0.4 is 20.5 Å². The Hall–Kier alpha value is -1.75. The zero-order valence-corrected chi connectivity index (χ0v) is 15.3. The largest absolute Gasteiger partial charge is 0.490 e. The van der Waals surface area contributed by atoms with Crippen LogP contribution in [0, 0.1) is 17.8 Å². The quantitative estimate of drug-likeness (QED) is 0.758. The van der Waals surface area contributed by atoms with Gasteiger partial charge in [-0.3, -0.25) is 4.79 Å². The Bertz CT molecular complexity index is 603. The minimum atomic E-state index is 0.0121. The van der Waals surface area contributed by atoms with Crippen molar-refractivity contribution in [3.05, 3.63) is 23.8 Å². The molecule has 2 fully saturated rings. The lowest BCUT2D eigenvalue weighted by molar-refractivity contribution is -0.127. The molecule has 3 N–H and O–H groups in total. The highest BCUT2D eigenvalue weighted by Gasteiger charge is 2.48. The van der Waals surface area contributed by atoms with Crippen molar-refractivity contribution in [2.45, 2.75) is 45.6 Å². The van der Waals surface area contributed by atoms with Gasteiger partial charge in [0.2, 0.25) is 5.91 Å². The van der Waals surface area contributed by atoms with Gasteiger partial charge in [-0.25, -0.2) is 0 Å². The maximum atomic E-state index is 12.5. The molecule has 0 saturated heterocycles. The molecule has 2 aliphatic carbocycles. The van der Waals surface area contributed by atoms with Gasteiger partial charge in [0.05, 0.1) is 19.1 Å². The summed E-state index contributed by atoms with van der Waals surface area (Å²) in [4.78, 5) is 12.5. The van der Waals surface area contributed by atoms with E-state index in [9.17, 15) is 4.79 Å². The van der Waals surface area contributed by atoms with Gasteiger partial charge in [0.1, 0.15) is 0 Å². The molecule has 25 heavy (non-hydrogen) atoms. The maximum absolute atomic E-state index is 12.5. The molecule has 1 amide bonds. The molecule has 0 aromatic heterocycles. The predicted octanol–water partition coefficient (Wildman–Crippen LogP) is 2.52. The molecule has 5 nitrogen and oxygen atoms in total. The van der Waals surface area contributed by atoms with Crippen LogP contribution >= 0.6 is 0 Å². The fraction of sp³-hybridized carbons (Fsp3) is 0.650. The number of rotatable bonds is 8. The zero-order chi connectivity index (χ0) is 17.8. The first-order valence-electron chi connectivity index (χ1n) is 9.55. The second-order valence-electron chi connectivity index (χ2n) is 7.12. The molecule has 0 radical (unpaired) electrons. The van der Waals surface area contributed by atoms with Crippen molar-refractivity contribution in [3.63, 3.8) is 0 Å². The second-order valence-corrected chi connectivity index (χ2v) is 7.12. The average molecular weight is 346 g/mol. The maximum Gasteiger partial charge on any atom is 0.224 e. The van der Waals surface area contributed by atoms with Crippen molar-refractivity contribution in [2.24, 2.45) is 23.5 Å². The highest BCUT2D eigenvalue weighted by Crippen LogP contribution is 2.47. The summed E-state index contributed by atoms with van der Waals surface area (Å²) < 4.78 is 11.2. The van der Waals surface area contributed by atoms with Crippen LogP contribution in [0.5, 0.6) is 11.5 Å². The number of nitrogens with one attached hydrogen (secondary N) is 1. The van der Waals surface area contributed by atoms with Gasteiger partial charge in [0.15, 0.2) is 11.5 Å². The van der Waals surface area contributed by atoms with Crippen molar-refractivity contribution in [2.75, 3.05) is 19.8 Å². The van der Waals surface area contributed by atoms with Gasteiger partial charge < -0.3 is 20.5 Å². The smallest absolute Gasteiger partial charge is 0.224 e. The number of benzene rings is 1. The van der Waals surface area contributed by atoms with E-state index in [1.54, 1.807) is 0 Å². The summed E-state index contributed by atoms with van der Waals surface area (Å²) in [6.07, 6.45) is 4.26. The van der Waals surface area contributed by atoms with Crippen LogP contribution in [0.4, 0.5) is 0 Å². The Labute approximate surface area is 150 Å². The third-order valence-corrected chi connectivity index (χ3v) is 5.60. The Kier molecular flexibility index (Phi) is 5.84. The van der Waals surface area contributed by atoms with Crippen molar-refractivity contribution in [1.82, 2.24) is 5.32 Å². The summed E-state index contributed by atoms with van der Waals surface area (Å²) in [5.74, 6) is 2.73. The zero-order valence-electron chi connectivity index (χ0n) is 15.3. The fourth-order valence-electron chi connectivity index (χ4n) is 4.42. The van der Waals surface area contributed by atoms with Gasteiger partial charge in [0, 0.05) is 12.6 Å². The third-order valence-electron chi connectivity index (χ3n) is 5.60. The van der Waals surface area contributed by atoms with E-state index in [-0.39, 0.29) is 17.9 Å². The van der Waals surface area contributed by atoms with E-state index in [0.717, 1.165) is 36.3 Å². The Balaban J connectivity index is 1.53. The van der Waals surface area contributed by atoms with Crippen LogP contribution in [-0.2, 0) is 11.2 Å². The van der Waals surface area contributed by atoms with Crippen molar-refractivity contribution < 1.29 is 14.3 Å². The van der Waals surface area contributed by atoms with E-state index in [1.165, 1.54) is 6.42 Å². The predicted molar refractivity (Wildman–Crippen MR) is 97.8 cm³/mol. The number of hydrogen-bond donors (Lipinski definition) is 2. The SMILES string of the molecule is CCOc1ccc(CCNC(=O)C2C3CCC(C3)C2N)cc1OCC. The summed E-state index contributed by atoms with van der Waals surface area (Å²) in [5, 5.41) is 3.09. The van der Waals surface area contributed by atoms with Crippen molar-refractivity contribution >= 4 is 5.91 Å². The lowest BCUT2D eigenvalue weighted by atomic mass is 9.84. The van der Waals surface area contributed by atoms with E-state index in [1.807, 2.05) is 32.0 Å². The monoisotopic (exact) mass is 346 g/mol. The molecule has 0 aliphatic heterocycles. The molecule has 5 heteroatoms. The number of amides is 1. The first kappa shape index (κ1) is 18.1. The summed E-state index contributed by atoms with van der Waals surface area (Å²) in [5.41, 5.74) is 7.38. The van der Waals surface area contributed by atoms with Crippen LogP contribution in [0.25, 0.3) is 0 Å². The number of fused-ring (bicyclic) bond motifs is 2. The van der Waals surface area contributed by atoms with Gasteiger partial charge in [-0.2, -0.15) is 0 Å². The van der Waals surface area contributed by atoms with E-state index in [4.69, 9.17) is 15.2 Å². The minimum absolute atomic E-state index is 0.0121. The summed E-state index contributed by atoms with van der Waals surface area (Å²) in [6, 6.07) is 6.03. The van der Waals surface area contributed by atoms with Crippen LogP contribution in [-0.4, -0.2) is 31.7 Å². The number of nitrogens with two attached hydrogens (primary N) is 1. The molecular formula is C20H30N2O3. The van der Waals surface area contributed by atoms with Crippen LogP contribution in [0.2, 0.25) is 0 Å².